The number of Topliss-reactive ketones (excluding diaryl/α,β-unsaturated/α-hetero) is 1. The standard InChI is InChI=1S/C27H37F3N2O5S/c1-13(9-18-12-38-16(4)31-18)20-8-7-17(27(28,29)30)10-19-23(32-19)14(2)24(35)15(3)25(36)26(5,6)21(33)11-22(34)37-20/h7,9,12,14-15,19-21,23-24,32-33,35H,8,10-11H2,1-6H3/b13-9+,17-7+/t14-,15+,19?,20-,21-,23?,24-/m0/s1. The number of carbonyl (C=O) groups excluding carboxylic acids is 2. The van der Waals surface area contributed by atoms with Gasteiger partial charge in [0.15, 0.2) is 0 Å². The topological polar surface area (TPSA) is 119 Å². The summed E-state index contributed by atoms with van der Waals surface area (Å²) in [5.74, 6) is -2.69. The Labute approximate surface area is 225 Å². The van der Waals surface area contributed by atoms with Crippen LogP contribution in [-0.2, 0) is 14.3 Å². The number of ketones is 1. The highest BCUT2D eigenvalue weighted by Crippen LogP contribution is 2.38. The number of hydrogen-bond acceptors (Lipinski definition) is 8. The predicted molar refractivity (Wildman–Crippen MR) is 138 cm³/mol. The number of nitrogens with one attached hydrogen (secondary N) is 1. The van der Waals surface area contributed by atoms with Crippen LogP contribution in [0, 0.1) is 24.2 Å². The Bertz CT molecular complexity index is 1100. The number of hydrogen-bond donors (Lipinski definition) is 3. The second-order valence-corrected chi connectivity index (χ2v) is 12.1. The van der Waals surface area contributed by atoms with Gasteiger partial charge in [-0.05, 0) is 37.8 Å². The van der Waals surface area contributed by atoms with Gasteiger partial charge in [-0.1, -0.05) is 33.8 Å². The summed E-state index contributed by atoms with van der Waals surface area (Å²) in [7, 11) is 0. The molecular formula is C27H37F3N2O5S. The Morgan fingerprint density at radius 3 is 2.47 bits per heavy atom. The van der Waals surface area contributed by atoms with E-state index >= 15 is 0 Å². The number of halogens is 3. The van der Waals surface area contributed by atoms with Crippen LogP contribution >= 0.6 is 11.3 Å². The molecule has 1 saturated heterocycles. The molecule has 0 aromatic carbocycles. The summed E-state index contributed by atoms with van der Waals surface area (Å²) in [4.78, 5) is 30.4. The number of aliphatic hydroxyl groups is 2. The molecule has 7 atom stereocenters. The largest absolute Gasteiger partial charge is 0.457 e. The molecule has 38 heavy (non-hydrogen) atoms. The second-order valence-electron chi connectivity index (χ2n) is 11.1. The molecule has 3 heterocycles. The maximum absolute atomic E-state index is 14.0. The van der Waals surface area contributed by atoms with Crippen molar-refractivity contribution in [3.63, 3.8) is 0 Å². The zero-order valence-corrected chi connectivity index (χ0v) is 23.3. The Hall–Kier alpha value is -2.08. The van der Waals surface area contributed by atoms with Crippen molar-refractivity contribution >= 4 is 29.2 Å². The SMILES string of the molecule is C/C(=C\c1csc(C)n1)[C@@H]1C/C=C(/C(F)(F)F)CC2NC2[C@H](C)[C@H](O)[C@@H](C)C(=O)C(C)(C)[C@@H](O)CC(=O)O1. The van der Waals surface area contributed by atoms with E-state index < -0.39 is 77.6 Å². The van der Waals surface area contributed by atoms with Crippen molar-refractivity contribution in [1.82, 2.24) is 10.3 Å². The molecule has 0 spiro atoms. The number of esters is 1. The van der Waals surface area contributed by atoms with Crippen molar-refractivity contribution < 1.29 is 37.7 Å². The maximum atomic E-state index is 14.0. The van der Waals surface area contributed by atoms with E-state index in [4.69, 9.17) is 4.74 Å². The van der Waals surface area contributed by atoms with Gasteiger partial charge >= 0.3 is 12.1 Å². The molecule has 1 fully saturated rings. The Balaban J connectivity index is 1.98. The van der Waals surface area contributed by atoms with Crippen LogP contribution in [0.1, 0.15) is 64.6 Å². The summed E-state index contributed by atoms with van der Waals surface area (Å²) in [5.41, 5.74) is -1.02. The van der Waals surface area contributed by atoms with E-state index in [1.165, 1.54) is 32.1 Å². The van der Waals surface area contributed by atoms with Crippen LogP contribution in [0.3, 0.4) is 0 Å². The summed E-state index contributed by atoms with van der Waals surface area (Å²) in [6.45, 7) is 9.72. The molecule has 2 aliphatic heterocycles. The molecule has 0 radical (unpaired) electrons. The van der Waals surface area contributed by atoms with Gasteiger partial charge in [0.2, 0.25) is 0 Å². The third kappa shape index (κ3) is 7.11. The van der Waals surface area contributed by atoms with E-state index in [0.29, 0.717) is 11.3 Å². The van der Waals surface area contributed by atoms with Crippen LogP contribution in [0.5, 0.6) is 0 Å². The first-order chi connectivity index (χ1) is 17.5. The van der Waals surface area contributed by atoms with Gasteiger partial charge in [-0.3, -0.25) is 9.59 Å². The van der Waals surface area contributed by atoms with Crippen LogP contribution in [0.15, 0.2) is 22.6 Å². The van der Waals surface area contributed by atoms with Crippen LogP contribution in [0.2, 0.25) is 0 Å². The zero-order chi connectivity index (χ0) is 28.6. The molecule has 2 aliphatic rings. The normalized spacial score (nSPS) is 35.2. The summed E-state index contributed by atoms with van der Waals surface area (Å²) in [5, 5.41) is 27.3. The fraction of sp³-hybridized carbons (Fsp3) is 0.667. The predicted octanol–water partition coefficient (Wildman–Crippen LogP) is 4.37. The highest BCUT2D eigenvalue weighted by molar-refractivity contribution is 7.09. The molecule has 11 heteroatoms. The minimum atomic E-state index is -4.59. The van der Waals surface area contributed by atoms with Gasteiger partial charge in [0.05, 0.1) is 34.7 Å². The molecule has 3 N–H and O–H groups in total. The van der Waals surface area contributed by atoms with E-state index in [9.17, 15) is 33.0 Å². The van der Waals surface area contributed by atoms with E-state index in [2.05, 4.69) is 10.3 Å². The van der Waals surface area contributed by atoms with Crippen molar-refractivity contribution in [1.29, 1.82) is 0 Å². The van der Waals surface area contributed by atoms with Crippen LogP contribution in [0.25, 0.3) is 6.08 Å². The molecule has 2 unspecified atom stereocenters. The number of nitrogens with zero attached hydrogens (tertiary/aromatic N) is 1. The molecule has 0 saturated carbocycles. The van der Waals surface area contributed by atoms with Crippen molar-refractivity contribution in [2.24, 2.45) is 17.3 Å². The third-order valence-electron chi connectivity index (χ3n) is 7.77. The second kappa shape index (κ2) is 11.6. The molecule has 0 bridgehead atoms. The average molecular weight is 559 g/mol. The lowest BCUT2D eigenvalue weighted by molar-refractivity contribution is -0.154. The summed E-state index contributed by atoms with van der Waals surface area (Å²) >= 11 is 1.42. The molecule has 0 aliphatic carbocycles. The fourth-order valence-corrected chi connectivity index (χ4v) is 5.56. The molecular weight excluding hydrogens is 521 g/mol. The molecule has 1 aromatic heterocycles. The minimum Gasteiger partial charge on any atom is -0.457 e. The van der Waals surface area contributed by atoms with Gasteiger partial charge in [0.1, 0.15) is 11.9 Å². The van der Waals surface area contributed by atoms with Gasteiger partial charge in [-0.2, -0.15) is 13.2 Å². The number of rotatable bonds is 2. The van der Waals surface area contributed by atoms with Crippen molar-refractivity contribution in [2.75, 3.05) is 0 Å². The van der Waals surface area contributed by atoms with Crippen molar-refractivity contribution in [3.8, 4) is 0 Å². The van der Waals surface area contributed by atoms with Crippen molar-refractivity contribution in [2.45, 2.75) is 97.4 Å². The summed E-state index contributed by atoms with van der Waals surface area (Å²) in [6, 6.07) is -0.910. The first kappa shape index (κ1) is 30.5. The highest BCUT2D eigenvalue weighted by Gasteiger charge is 2.49. The maximum Gasteiger partial charge on any atom is 0.412 e. The summed E-state index contributed by atoms with van der Waals surface area (Å²) in [6.07, 6.45) is -6.53. The van der Waals surface area contributed by atoms with Crippen LogP contribution < -0.4 is 5.32 Å². The van der Waals surface area contributed by atoms with E-state index in [1.54, 1.807) is 25.3 Å². The Kier molecular flexibility index (Phi) is 9.28. The van der Waals surface area contributed by atoms with Gasteiger partial charge in [-0.25, -0.2) is 4.98 Å². The van der Waals surface area contributed by atoms with E-state index in [-0.39, 0.29) is 12.8 Å². The lowest BCUT2D eigenvalue weighted by atomic mass is 9.73. The zero-order valence-electron chi connectivity index (χ0n) is 22.5. The number of aliphatic hydroxyl groups excluding tert-OH is 2. The van der Waals surface area contributed by atoms with E-state index in [1.807, 2.05) is 6.92 Å². The number of fused-ring (bicyclic) bond motifs is 1. The van der Waals surface area contributed by atoms with Gasteiger partial charge < -0.3 is 20.3 Å². The number of thiazole rings is 1. The first-order valence-corrected chi connectivity index (χ1v) is 13.6. The Morgan fingerprint density at radius 2 is 1.89 bits per heavy atom. The van der Waals surface area contributed by atoms with E-state index in [0.717, 1.165) is 11.1 Å². The number of aromatic nitrogens is 1. The molecule has 1 aromatic rings. The fourth-order valence-electron chi connectivity index (χ4n) is 4.99. The molecule has 3 rings (SSSR count). The number of aryl methyl sites for hydroxylation is 1. The van der Waals surface area contributed by atoms with Crippen LogP contribution in [0.4, 0.5) is 13.2 Å². The third-order valence-corrected chi connectivity index (χ3v) is 8.56. The van der Waals surface area contributed by atoms with Gasteiger partial charge in [0, 0.05) is 35.4 Å². The highest BCUT2D eigenvalue weighted by atomic mass is 32.1. The molecule has 212 valence electrons. The number of alkyl halides is 3. The van der Waals surface area contributed by atoms with Gasteiger partial charge in [-0.15, -0.1) is 11.3 Å². The molecule has 0 amide bonds. The summed E-state index contributed by atoms with van der Waals surface area (Å²) < 4.78 is 47.4. The lowest BCUT2D eigenvalue weighted by Crippen LogP contribution is -2.46. The van der Waals surface area contributed by atoms with Crippen LogP contribution in [-0.4, -0.2) is 63.5 Å². The first-order valence-electron chi connectivity index (χ1n) is 12.7. The monoisotopic (exact) mass is 558 g/mol. The smallest absolute Gasteiger partial charge is 0.412 e. The number of ether oxygens (including phenoxy) is 1. The lowest BCUT2D eigenvalue weighted by Gasteiger charge is -2.34. The minimum absolute atomic E-state index is 0.225. The van der Waals surface area contributed by atoms with Crippen molar-refractivity contribution in [3.05, 3.63) is 33.3 Å². The van der Waals surface area contributed by atoms with Gasteiger partial charge in [0.25, 0.3) is 0 Å². The quantitative estimate of drug-likeness (QED) is 0.280. The Morgan fingerprint density at radius 1 is 1.24 bits per heavy atom. The number of cyclic esters (lactones) is 1. The number of carbonyl (C=O) groups is 2. The average Bonchev–Trinajstić information content (AvgIpc) is 3.48. The molecule has 7 nitrogen and oxygen atoms in total.